The first-order chi connectivity index (χ1) is 16.5. The predicted molar refractivity (Wildman–Crippen MR) is 128 cm³/mol. The van der Waals surface area contributed by atoms with E-state index in [4.69, 9.17) is 14.2 Å². The van der Waals surface area contributed by atoms with Gasteiger partial charge < -0.3 is 24.4 Å². The molecule has 0 aromatic heterocycles. The van der Waals surface area contributed by atoms with Crippen molar-refractivity contribution in [3.8, 4) is 11.5 Å². The monoisotopic (exact) mass is 469 g/mol. The lowest BCUT2D eigenvalue weighted by Crippen LogP contribution is -2.32. The summed E-state index contributed by atoms with van der Waals surface area (Å²) in [5.74, 6) is 0.857. The molecule has 182 valence electrons. The summed E-state index contributed by atoms with van der Waals surface area (Å²) in [6, 6.07) is 10.0. The molecule has 2 fully saturated rings. The summed E-state index contributed by atoms with van der Waals surface area (Å²) in [5.41, 5.74) is 1.79. The second kappa shape index (κ2) is 11.2. The van der Waals surface area contributed by atoms with E-state index < -0.39 is 4.92 Å². The summed E-state index contributed by atoms with van der Waals surface area (Å²) in [4.78, 5) is 26.1. The molecule has 4 rings (SSSR count). The minimum Gasteiger partial charge on any atom is -0.493 e. The molecular formula is C25H31N3O6. The Morgan fingerprint density at radius 2 is 1.97 bits per heavy atom. The number of nitrogens with one attached hydrogen (secondary N) is 1. The highest BCUT2D eigenvalue weighted by molar-refractivity contribution is 6.00. The third kappa shape index (κ3) is 5.77. The molecule has 2 saturated heterocycles. The minimum absolute atomic E-state index is 0.0969. The number of hydrogen-bond acceptors (Lipinski definition) is 7. The van der Waals surface area contributed by atoms with Crippen LogP contribution in [0.5, 0.6) is 11.5 Å². The SMILES string of the molecule is COc1cc(CNC(=O)c2cc([N+](=O)[O-])ccc2N2CCCCC2)ccc1OCC1CCCO1. The lowest BCUT2D eigenvalue weighted by Gasteiger charge is -2.30. The molecule has 2 aliphatic heterocycles. The average Bonchev–Trinajstić information content (AvgIpc) is 3.40. The van der Waals surface area contributed by atoms with Gasteiger partial charge in [-0.05, 0) is 55.9 Å². The van der Waals surface area contributed by atoms with Gasteiger partial charge in [0.05, 0.1) is 29.4 Å². The molecule has 2 aromatic rings. The maximum Gasteiger partial charge on any atom is 0.270 e. The van der Waals surface area contributed by atoms with Crippen LogP contribution in [0.3, 0.4) is 0 Å². The Bertz CT molecular complexity index is 1020. The number of carbonyl (C=O) groups excluding carboxylic acids is 1. The van der Waals surface area contributed by atoms with Crippen LogP contribution in [-0.4, -0.2) is 50.3 Å². The van der Waals surface area contributed by atoms with Gasteiger partial charge in [0.2, 0.25) is 0 Å². The van der Waals surface area contributed by atoms with Gasteiger partial charge in [0.15, 0.2) is 11.5 Å². The van der Waals surface area contributed by atoms with Crippen LogP contribution < -0.4 is 19.7 Å². The summed E-state index contributed by atoms with van der Waals surface area (Å²) in [5, 5.41) is 14.2. The number of nitro groups is 1. The minimum atomic E-state index is -0.475. The number of benzene rings is 2. The first-order valence-corrected chi connectivity index (χ1v) is 11.8. The summed E-state index contributed by atoms with van der Waals surface area (Å²) in [6.45, 7) is 3.17. The molecule has 1 amide bonds. The van der Waals surface area contributed by atoms with E-state index >= 15 is 0 Å². The molecule has 1 atom stereocenters. The highest BCUT2D eigenvalue weighted by Crippen LogP contribution is 2.30. The zero-order chi connectivity index (χ0) is 23.9. The van der Waals surface area contributed by atoms with E-state index in [-0.39, 0.29) is 24.2 Å². The van der Waals surface area contributed by atoms with Gasteiger partial charge in [0, 0.05) is 38.4 Å². The van der Waals surface area contributed by atoms with Crippen LogP contribution in [0.4, 0.5) is 11.4 Å². The molecule has 0 bridgehead atoms. The van der Waals surface area contributed by atoms with Crippen molar-refractivity contribution >= 4 is 17.3 Å². The van der Waals surface area contributed by atoms with Crippen molar-refractivity contribution in [3.05, 3.63) is 57.6 Å². The van der Waals surface area contributed by atoms with E-state index in [1.165, 1.54) is 12.1 Å². The van der Waals surface area contributed by atoms with Crippen molar-refractivity contribution in [1.29, 1.82) is 0 Å². The van der Waals surface area contributed by atoms with E-state index in [1.54, 1.807) is 13.2 Å². The fraction of sp³-hybridized carbons (Fsp3) is 0.480. The van der Waals surface area contributed by atoms with Gasteiger partial charge in [-0.3, -0.25) is 14.9 Å². The van der Waals surface area contributed by atoms with Crippen molar-refractivity contribution in [2.75, 3.05) is 38.3 Å². The van der Waals surface area contributed by atoms with E-state index in [9.17, 15) is 14.9 Å². The second-order valence-electron chi connectivity index (χ2n) is 8.62. The summed E-state index contributed by atoms with van der Waals surface area (Å²) in [7, 11) is 1.57. The number of nitro benzene ring substituents is 1. The maximum atomic E-state index is 13.1. The average molecular weight is 470 g/mol. The molecule has 2 aliphatic rings. The van der Waals surface area contributed by atoms with Gasteiger partial charge in [-0.25, -0.2) is 0 Å². The van der Waals surface area contributed by atoms with E-state index in [1.807, 2.05) is 18.2 Å². The molecule has 0 radical (unpaired) electrons. The molecule has 9 nitrogen and oxygen atoms in total. The molecule has 1 unspecified atom stereocenters. The number of hydrogen-bond donors (Lipinski definition) is 1. The van der Waals surface area contributed by atoms with Crippen LogP contribution in [0, 0.1) is 10.1 Å². The largest absolute Gasteiger partial charge is 0.493 e. The van der Waals surface area contributed by atoms with E-state index in [0.29, 0.717) is 23.7 Å². The van der Waals surface area contributed by atoms with Crippen LogP contribution >= 0.6 is 0 Å². The van der Waals surface area contributed by atoms with Crippen LogP contribution in [0.1, 0.15) is 48.0 Å². The third-order valence-corrected chi connectivity index (χ3v) is 6.26. The van der Waals surface area contributed by atoms with Crippen molar-refractivity contribution in [3.63, 3.8) is 0 Å². The van der Waals surface area contributed by atoms with Gasteiger partial charge in [-0.15, -0.1) is 0 Å². The second-order valence-corrected chi connectivity index (χ2v) is 8.62. The van der Waals surface area contributed by atoms with Crippen molar-refractivity contribution in [2.45, 2.75) is 44.8 Å². The van der Waals surface area contributed by atoms with Gasteiger partial charge >= 0.3 is 0 Å². The van der Waals surface area contributed by atoms with Crippen LogP contribution in [0.15, 0.2) is 36.4 Å². The van der Waals surface area contributed by atoms with Crippen molar-refractivity contribution in [1.82, 2.24) is 5.32 Å². The third-order valence-electron chi connectivity index (χ3n) is 6.26. The summed E-state index contributed by atoms with van der Waals surface area (Å²) in [6.07, 6.45) is 5.38. The first kappa shape index (κ1) is 23.8. The number of carbonyl (C=O) groups is 1. The Labute approximate surface area is 199 Å². The lowest BCUT2D eigenvalue weighted by atomic mass is 10.1. The molecule has 9 heteroatoms. The zero-order valence-electron chi connectivity index (χ0n) is 19.5. The van der Waals surface area contributed by atoms with E-state index in [0.717, 1.165) is 63.1 Å². The first-order valence-electron chi connectivity index (χ1n) is 11.8. The molecule has 1 N–H and O–H groups in total. The molecule has 2 aromatic carbocycles. The topological polar surface area (TPSA) is 103 Å². The number of amides is 1. The molecule has 0 aliphatic carbocycles. The molecular weight excluding hydrogens is 438 g/mol. The molecule has 0 spiro atoms. The number of rotatable bonds is 9. The standard InChI is InChI=1S/C25H31N3O6/c1-32-24-14-18(7-10-23(24)34-17-20-6-5-13-33-20)16-26-25(29)21-15-19(28(30)31)8-9-22(21)27-11-3-2-4-12-27/h7-10,14-15,20H,2-6,11-13,16-17H2,1H3,(H,26,29). The quantitative estimate of drug-likeness (QED) is 0.436. The number of ether oxygens (including phenoxy) is 3. The van der Waals surface area contributed by atoms with Crippen LogP contribution in [0.25, 0.3) is 0 Å². The van der Waals surface area contributed by atoms with E-state index in [2.05, 4.69) is 10.2 Å². The zero-order valence-corrected chi connectivity index (χ0v) is 19.5. The molecule has 2 heterocycles. The van der Waals surface area contributed by atoms with Crippen molar-refractivity contribution in [2.24, 2.45) is 0 Å². The van der Waals surface area contributed by atoms with Gasteiger partial charge in [0.25, 0.3) is 11.6 Å². The highest BCUT2D eigenvalue weighted by atomic mass is 16.6. The maximum absolute atomic E-state index is 13.1. The molecule has 34 heavy (non-hydrogen) atoms. The number of anilines is 1. The van der Waals surface area contributed by atoms with Gasteiger partial charge in [0.1, 0.15) is 6.61 Å². The number of piperidine rings is 1. The predicted octanol–water partition coefficient (Wildman–Crippen LogP) is 4.08. The Balaban J connectivity index is 1.45. The Kier molecular flexibility index (Phi) is 7.84. The van der Waals surface area contributed by atoms with Gasteiger partial charge in [-0.1, -0.05) is 6.07 Å². The fourth-order valence-electron chi connectivity index (χ4n) is 4.41. The van der Waals surface area contributed by atoms with Crippen LogP contribution in [-0.2, 0) is 11.3 Å². The Morgan fingerprint density at radius 1 is 1.15 bits per heavy atom. The van der Waals surface area contributed by atoms with Crippen LogP contribution in [0.2, 0.25) is 0 Å². The number of nitrogens with zero attached hydrogens (tertiary/aromatic N) is 2. The summed E-state index contributed by atoms with van der Waals surface area (Å²) >= 11 is 0. The van der Waals surface area contributed by atoms with Crippen molar-refractivity contribution < 1.29 is 23.9 Å². The fourth-order valence-corrected chi connectivity index (χ4v) is 4.41. The summed E-state index contributed by atoms with van der Waals surface area (Å²) < 4.78 is 16.9. The van der Waals surface area contributed by atoms with Gasteiger partial charge in [-0.2, -0.15) is 0 Å². The Morgan fingerprint density at radius 3 is 2.68 bits per heavy atom. The number of non-ortho nitro benzene ring substituents is 1. The Hall–Kier alpha value is -3.33. The lowest BCUT2D eigenvalue weighted by molar-refractivity contribution is -0.384. The smallest absolute Gasteiger partial charge is 0.270 e. The highest BCUT2D eigenvalue weighted by Gasteiger charge is 2.22. The number of methoxy groups -OCH3 is 1. The molecule has 0 saturated carbocycles. The normalized spacial score (nSPS) is 17.9.